The normalized spacial score (nSPS) is 12.9. The predicted molar refractivity (Wildman–Crippen MR) is 89.2 cm³/mol. The van der Waals surface area contributed by atoms with Crippen molar-refractivity contribution in [1.82, 2.24) is 0 Å². The van der Waals surface area contributed by atoms with Crippen LogP contribution < -0.4 is 9.47 Å². The molecule has 5 heteroatoms. The quantitative estimate of drug-likeness (QED) is 0.727. The molecule has 0 saturated heterocycles. The van der Waals surface area contributed by atoms with Crippen LogP contribution in [0.3, 0.4) is 0 Å². The van der Waals surface area contributed by atoms with E-state index < -0.39 is 0 Å². The molecule has 0 fully saturated rings. The smallest absolute Gasteiger partial charge is 0.173 e. The van der Waals surface area contributed by atoms with E-state index in [1.807, 2.05) is 18.2 Å². The minimum absolute atomic E-state index is 0.177. The third-order valence-corrected chi connectivity index (χ3v) is 4.42. The zero-order valence-corrected chi connectivity index (χ0v) is 13.8. The highest BCUT2D eigenvalue weighted by Gasteiger charge is 2.18. The fourth-order valence-corrected chi connectivity index (χ4v) is 3.08. The molecule has 2 aromatic rings. The molecule has 0 amide bonds. The highest BCUT2D eigenvalue weighted by molar-refractivity contribution is 14.1. The minimum atomic E-state index is -0.383. The van der Waals surface area contributed by atoms with E-state index >= 15 is 0 Å². The Bertz CT molecular complexity index is 743. The summed E-state index contributed by atoms with van der Waals surface area (Å²) in [5.74, 6) is 0.358. The third-order valence-electron chi connectivity index (χ3n) is 3.50. The fourth-order valence-electron chi connectivity index (χ4n) is 2.38. The van der Waals surface area contributed by atoms with Gasteiger partial charge in [0.1, 0.15) is 9.47 Å². The highest BCUT2D eigenvalue weighted by atomic mass is 127. The van der Waals surface area contributed by atoms with Crippen LogP contribution in [0.15, 0.2) is 35.3 Å². The number of nitrogens with zero attached hydrogens (tertiary/aromatic N) is 1. The summed E-state index contributed by atoms with van der Waals surface area (Å²) >= 11 is 2.22. The molecule has 0 bridgehead atoms. The van der Waals surface area contributed by atoms with Crippen molar-refractivity contribution in [3.05, 3.63) is 47.3 Å². The first-order chi connectivity index (χ1) is 10.1. The molecule has 1 heterocycles. The molecule has 0 spiro atoms. The number of fused-ring (bicyclic) bond motifs is 1. The van der Waals surface area contributed by atoms with Crippen LogP contribution in [-0.2, 0) is 6.54 Å². The number of hydrogen-bond acceptors (Lipinski definition) is 3. The Kier molecular flexibility index (Phi) is 3.84. The molecule has 0 radical (unpaired) electrons. The molecule has 0 saturated carbocycles. The molecule has 2 aromatic carbocycles. The largest absolute Gasteiger partial charge is 0.497 e. The second kappa shape index (κ2) is 5.63. The van der Waals surface area contributed by atoms with Gasteiger partial charge in [-0.05, 0) is 45.9 Å². The van der Waals surface area contributed by atoms with Crippen LogP contribution in [0.1, 0.15) is 11.1 Å². The number of ether oxygens (including phenoxy) is 2. The Morgan fingerprint density at radius 3 is 2.62 bits per heavy atom. The van der Waals surface area contributed by atoms with Crippen molar-refractivity contribution >= 4 is 26.3 Å². The van der Waals surface area contributed by atoms with Gasteiger partial charge < -0.3 is 9.47 Å². The molecule has 0 N–H and O–H groups in total. The summed E-state index contributed by atoms with van der Waals surface area (Å²) < 4.78 is 25.8. The molecule has 0 aliphatic carbocycles. The van der Waals surface area contributed by atoms with E-state index in [1.54, 1.807) is 13.2 Å². The Morgan fingerprint density at radius 1 is 1.10 bits per heavy atom. The summed E-state index contributed by atoms with van der Waals surface area (Å²) in [5.41, 5.74) is 3.49. The van der Waals surface area contributed by atoms with Crippen molar-refractivity contribution in [3.8, 4) is 22.6 Å². The second-order valence-corrected chi connectivity index (χ2v) is 5.69. The molecule has 3 nitrogen and oxygen atoms in total. The van der Waals surface area contributed by atoms with Gasteiger partial charge in [0.05, 0.1) is 20.8 Å². The molecule has 0 aromatic heterocycles. The predicted octanol–water partition coefficient (Wildman–Crippen LogP) is 4.21. The lowest BCUT2D eigenvalue weighted by molar-refractivity contribution is 0.375. The van der Waals surface area contributed by atoms with Crippen molar-refractivity contribution in [2.24, 2.45) is 4.99 Å². The molecule has 3 rings (SSSR count). The monoisotopic (exact) mass is 397 g/mol. The van der Waals surface area contributed by atoms with Crippen LogP contribution in [0, 0.1) is 5.82 Å². The lowest BCUT2D eigenvalue weighted by atomic mass is 9.99. The van der Waals surface area contributed by atoms with Crippen LogP contribution >= 0.6 is 22.6 Å². The van der Waals surface area contributed by atoms with E-state index in [2.05, 4.69) is 27.6 Å². The number of benzene rings is 2. The average molecular weight is 397 g/mol. The van der Waals surface area contributed by atoms with E-state index in [9.17, 15) is 4.39 Å². The van der Waals surface area contributed by atoms with Crippen molar-refractivity contribution in [2.45, 2.75) is 6.54 Å². The van der Waals surface area contributed by atoms with Crippen LogP contribution in [0.2, 0.25) is 0 Å². The number of hydrogen-bond donors (Lipinski definition) is 0. The topological polar surface area (TPSA) is 30.8 Å². The number of halogens is 2. The second-order valence-electron chi connectivity index (χ2n) is 4.67. The van der Waals surface area contributed by atoms with E-state index in [4.69, 9.17) is 9.47 Å². The molecular weight excluding hydrogens is 384 g/mol. The maximum absolute atomic E-state index is 14.5. The fraction of sp³-hybridized carbons (Fsp3) is 0.188. The molecule has 1 aliphatic heterocycles. The summed E-state index contributed by atoms with van der Waals surface area (Å²) in [4.78, 5) is 4.39. The molecule has 1 aliphatic rings. The SMILES string of the molecule is COc1cc(OC)c(F)c(-c2ccc3c(c2)CN=C3I)c1. The minimum Gasteiger partial charge on any atom is -0.497 e. The Balaban J connectivity index is 2.13. The standard InChI is InChI=1S/C16H13FINO2/c1-20-11-6-13(15(17)14(7-11)21-2)9-3-4-12-10(5-9)8-19-16(12)18/h3-7H,8H2,1-2H3. The molecular formula is C16H13FINO2. The Hall–Kier alpha value is -1.63. The van der Waals surface area contributed by atoms with Crippen LogP contribution in [0.4, 0.5) is 4.39 Å². The number of methoxy groups -OCH3 is 2. The zero-order valence-electron chi connectivity index (χ0n) is 11.6. The van der Waals surface area contributed by atoms with Gasteiger partial charge in [-0.1, -0.05) is 12.1 Å². The number of aliphatic imine (C=N–C) groups is 1. The van der Waals surface area contributed by atoms with Crippen LogP contribution in [-0.4, -0.2) is 17.9 Å². The Morgan fingerprint density at radius 2 is 1.90 bits per heavy atom. The Labute approximate surface area is 135 Å². The number of rotatable bonds is 3. The molecule has 0 atom stereocenters. The summed E-state index contributed by atoms with van der Waals surface area (Å²) in [6, 6.07) is 9.07. The lowest BCUT2D eigenvalue weighted by Gasteiger charge is -2.12. The first-order valence-corrected chi connectivity index (χ1v) is 7.47. The van der Waals surface area contributed by atoms with Gasteiger partial charge in [0.2, 0.25) is 0 Å². The van der Waals surface area contributed by atoms with Gasteiger partial charge in [-0.25, -0.2) is 4.39 Å². The van der Waals surface area contributed by atoms with Gasteiger partial charge >= 0.3 is 0 Å². The van der Waals surface area contributed by atoms with Gasteiger partial charge in [0.15, 0.2) is 11.6 Å². The van der Waals surface area contributed by atoms with E-state index in [-0.39, 0.29) is 11.6 Å². The summed E-state index contributed by atoms with van der Waals surface area (Å²) in [6.45, 7) is 0.643. The van der Waals surface area contributed by atoms with Crippen LogP contribution in [0.25, 0.3) is 11.1 Å². The molecule has 21 heavy (non-hydrogen) atoms. The summed E-state index contributed by atoms with van der Waals surface area (Å²) in [6.07, 6.45) is 0. The van der Waals surface area contributed by atoms with E-state index in [1.165, 1.54) is 13.2 Å². The summed E-state index contributed by atoms with van der Waals surface area (Å²) in [5, 5.41) is 0. The van der Waals surface area contributed by atoms with Crippen molar-refractivity contribution < 1.29 is 13.9 Å². The van der Waals surface area contributed by atoms with Gasteiger partial charge in [-0.3, -0.25) is 4.99 Å². The maximum Gasteiger partial charge on any atom is 0.173 e. The van der Waals surface area contributed by atoms with Gasteiger partial charge in [0.25, 0.3) is 0 Å². The third kappa shape index (κ3) is 2.50. The average Bonchev–Trinajstić information content (AvgIpc) is 2.88. The molecule has 108 valence electrons. The van der Waals surface area contributed by atoms with E-state index in [0.29, 0.717) is 17.9 Å². The lowest BCUT2D eigenvalue weighted by Crippen LogP contribution is -1.95. The summed E-state index contributed by atoms with van der Waals surface area (Å²) in [7, 11) is 3.00. The van der Waals surface area contributed by atoms with Crippen molar-refractivity contribution in [3.63, 3.8) is 0 Å². The van der Waals surface area contributed by atoms with Gasteiger partial charge in [-0.2, -0.15) is 0 Å². The van der Waals surface area contributed by atoms with E-state index in [0.717, 1.165) is 20.4 Å². The van der Waals surface area contributed by atoms with Gasteiger partial charge in [0, 0.05) is 17.2 Å². The molecule has 0 unspecified atom stereocenters. The highest BCUT2D eigenvalue weighted by Crippen LogP contribution is 2.35. The van der Waals surface area contributed by atoms with Crippen molar-refractivity contribution in [2.75, 3.05) is 14.2 Å². The van der Waals surface area contributed by atoms with Crippen molar-refractivity contribution in [1.29, 1.82) is 0 Å². The van der Waals surface area contributed by atoms with Crippen LogP contribution in [0.5, 0.6) is 11.5 Å². The maximum atomic E-state index is 14.5. The first-order valence-electron chi connectivity index (χ1n) is 6.39. The first kappa shape index (κ1) is 14.3. The zero-order chi connectivity index (χ0) is 15.0. The van der Waals surface area contributed by atoms with Gasteiger partial charge in [-0.15, -0.1) is 0 Å².